The number of aromatic nitrogens is 1. The van der Waals surface area contributed by atoms with Crippen LogP contribution >= 0.6 is 15.9 Å². The lowest BCUT2D eigenvalue weighted by molar-refractivity contribution is 0.381. The minimum atomic E-state index is 0.257. The number of hydrogen-bond acceptors (Lipinski definition) is 4. The molecule has 0 saturated carbocycles. The Hall–Kier alpha value is -1.12. The van der Waals surface area contributed by atoms with Crippen LogP contribution in [0.5, 0.6) is 0 Å². The highest BCUT2D eigenvalue weighted by molar-refractivity contribution is 9.10. The zero-order valence-electron chi connectivity index (χ0n) is 9.73. The Kier molecular flexibility index (Phi) is 3.65. The number of anilines is 1. The zero-order chi connectivity index (χ0) is 12.4. The minimum Gasteiger partial charge on any atom is -0.355 e. The predicted octanol–water partition coefficient (Wildman–Crippen LogP) is 1.89. The molecule has 2 atom stereocenters. The summed E-state index contributed by atoms with van der Waals surface area (Å²) in [6.07, 6.45) is 2.68. The van der Waals surface area contributed by atoms with Gasteiger partial charge in [-0.2, -0.15) is 5.26 Å². The molecule has 4 nitrogen and oxygen atoms in total. The molecule has 17 heavy (non-hydrogen) atoms. The van der Waals surface area contributed by atoms with Gasteiger partial charge < -0.3 is 10.6 Å². The van der Waals surface area contributed by atoms with Gasteiger partial charge in [-0.15, -0.1) is 0 Å². The van der Waals surface area contributed by atoms with Gasteiger partial charge in [0.15, 0.2) is 0 Å². The fourth-order valence-corrected chi connectivity index (χ4v) is 2.45. The van der Waals surface area contributed by atoms with E-state index in [2.05, 4.69) is 38.8 Å². The van der Waals surface area contributed by atoms with Crippen LogP contribution in [0.15, 0.2) is 16.7 Å². The molecule has 2 N–H and O–H groups in total. The first-order valence-corrected chi connectivity index (χ1v) is 6.47. The van der Waals surface area contributed by atoms with Crippen LogP contribution in [-0.2, 0) is 0 Å². The molecule has 90 valence electrons. The molecule has 1 aliphatic heterocycles. The summed E-state index contributed by atoms with van der Waals surface area (Å²) in [5.74, 6) is 1.20. The highest BCUT2D eigenvalue weighted by Gasteiger charge is 2.25. The molecule has 0 spiro atoms. The fourth-order valence-electron chi connectivity index (χ4n) is 2.12. The SMILES string of the molecule is CC1CN(c2ncc(Br)cc2C#N)CCC1N. The lowest BCUT2D eigenvalue weighted by Crippen LogP contribution is -2.46. The molecule has 5 heteroatoms. The summed E-state index contributed by atoms with van der Waals surface area (Å²) < 4.78 is 0.833. The number of nitrogens with two attached hydrogens (primary N) is 1. The van der Waals surface area contributed by atoms with E-state index in [4.69, 9.17) is 11.0 Å². The number of nitrogens with zero attached hydrogens (tertiary/aromatic N) is 3. The van der Waals surface area contributed by atoms with Crippen molar-refractivity contribution in [3.8, 4) is 6.07 Å². The Bertz CT molecular complexity index is 454. The monoisotopic (exact) mass is 294 g/mol. The highest BCUT2D eigenvalue weighted by Crippen LogP contribution is 2.25. The predicted molar refractivity (Wildman–Crippen MR) is 70.6 cm³/mol. The molecule has 0 bridgehead atoms. The summed E-state index contributed by atoms with van der Waals surface area (Å²) >= 11 is 3.33. The van der Waals surface area contributed by atoms with Crippen molar-refractivity contribution in [2.45, 2.75) is 19.4 Å². The van der Waals surface area contributed by atoms with Crippen LogP contribution in [0.4, 0.5) is 5.82 Å². The largest absolute Gasteiger partial charge is 0.355 e. The van der Waals surface area contributed by atoms with Crippen molar-refractivity contribution in [2.75, 3.05) is 18.0 Å². The average Bonchev–Trinajstić information content (AvgIpc) is 2.32. The maximum atomic E-state index is 9.13. The third-order valence-corrected chi connectivity index (χ3v) is 3.66. The van der Waals surface area contributed by atoms with Gasteiger partial charge in [-0.25, -0.2) is 4.98 Å². The summed E-state index contributed by atoms with van der Waals surface area (Å²) in [7, 11) is 0. The number of piperidine rings is 1. The second kappa shape index (κ2) is 5.03. The van der Waals surface area contributed by atoms with Crippen molar-refractivity contribution < 1.29 is 0 Å². The van der Waals surface area contributed by atoms with E-state index in [1.54, 1.807) is 6.20 Å². The molecule has 0 aliphatic carbocycles. The normalized spacial score (nSPS) is 24.5. The van der Waals surface area contributed by atoms with Gasteiger partial charge in [0, 0.05) is 29.8 Å². The van der Waals surface area contributed by atoms with E-state index < -0.39 is 0 Å². The van der Waals surface area contributed by atoms with Crippen molar-refractivity contribution in [3.05, 3.63) is 22.3 Å². The number of halogens is 1. The van der Waals surface area contributed by atoms with E-state index in [0.717, 1.165) is 29.8 Å². The Morgan fingerprint density at radius 1 is 1.65 bits per heavy atom. The van der Waals surface area contributed by atoms with Crippen LogP contribution in [-0.4, -0.2) is 24.1 Å². The van der Waals surface area contributed by atoms with E-state index in [-0.39, 0.29) is 6.04 Å². The number of rotatable bonds is 1. The van der Waals surface area contributed by atoms with Gasteiger partial charge in [0.25, 0.3) is 0 Å². The molecule has 2 rings (SSSR count). The van der Waals surface area contributed by atoms with E-state index in [1.807, 2.05) is 6.07 Å². The Balaban J connectivity index is 2.26. The Labute approximate surface area is 110 Å². The molecule has 0 aromatic carbocycles. The van der Waals surface area contributed by atoms with E-state index in [0.29, 0.717) is 11.5 Å². The van der Waals surface area contributed by atoms with Gasteiger partial charge in [-0.1, -0.05) is 6.92 Å². The van der Waals surface area contributed by atoms with Gasteiger partial charge in [0.05, 0.1) is 5.56 Å². The quantitative estimate of drug-likeness (QED) is 0.859. The topological polar surface area (TPSA) is 65.9 Å². The summed E-state index contributed by atoms with van der Waals surface area (Å²) in [5, 5.41) is 9.13. The third kappa shape index (κ3) is 2.59. The van der Waals surface area contributed by atoms with Crippen LogP contribution in [0.25, 0.3) is 0 Å². The molecule has 2 heterocycles. The third-order valence-electron chi connectivity index (χ3n) is 3.22. The van der Waals surface area contributed by atoms with Crippen molar-refractivity contribution in [3.63, 3.8) is 0 Å². The molecule has 0 amide bonds. The number of nitriles is 1. The maximum Gasteiger partial charge on any atom is 0.146 e. The second-order valence-electron chi connectivity index (χ2n) is 4.51. The van der Waals surface area contributed by atoms with Crippen LogP contribution in [0, 0.1) is 17.2 Å². The lowest BCUT2D eigenvalue weighted by atomic mass is 9.94. The molecular formula is C12H15BrN4. The van der Waals surface area contributed by atoms with E-state index >= 15 is 0 Å². The van der Waals surface area contributed by atoms with Crippen LogP contribution in [0.2, 0.25) is 0 Å². The number of pyridine rings is 1. The average molecular weight is 295 g/mol. The van der Waals surface area contributed by atoms with Gasteiger partial charge in [0.2, 0.25) is 0 Å². The van der Waals surface area contributed by atoms with E-state index in [1.165, 1.54) is 0 Å². The molecule has 1 aliphatic rings. The smallest absolute Gasteiger partial charge is 0.146 e. The van der Waals surface area contributed by atoms with Crippen molar-refractivity contribution in [2.24, 2.45) is 11.7 Å². The summed E-state index contributed by atoms with van der Waals surface area (Å²) in [5.41, 5.74) is 6.61. The Morgan fingerprint density at radius 3 is 3.06 bits per heavy atom. The summed E-state index contributed by atoms with van der Waals surface area (Å²) in [6.45, 7) is 3.88. The summed E-state index contributed by atoms with van der Waals surface area (Å²) in [4.78, 5) is 6.50. The van der Waals surface area contributed by atoms with Crippen LogP contribution in [0.3, 0.4) is 0 Å². The van der Waals surface area contributed by atoms with Gasteiger partial charge in [-0.3, -0.25) is 0 Å². The van der Waals surface area contributed by atoms with Gasteiger partial charge >= 0.3 is 0 Å². The standard InChI is InChI=1S/C12H15BrN4/c1-8-7-17(3-2-11(8)15)12-9(5-14)4-10(13)6-16-12/h4,6,8,11H,2-3,7,15H2,1H3. The Morgan fingerprint density at radius 2 is 2.41 bits per heavy atom. The molecular weight excluding hydrogens is 280 g/mol. The molecule has 1 aromatic rings. The number of hydrogen-bond donors (Lipinski definition) is 1. The highest BCUT2D eigenvalue weighted by atomic mass is 79.9. The minimum absolute atomic E-state index is 0.257. The molecule has 0 radical (unpaired) electrons. The van der Waals surface area contributed by atoms with Crippen molar-refractivity contribution >= 4 is 21.7 Å². The van der Waals surface area contributed by atoms with Crippen LogP contribution < -0.4 is 10.6 Å². The summed E-state index contributed by atoms with van der Waals surface area (Å²) in [6, 6.07) is 4.26. The fraction of sp³-hybridized carbons (Fsp3) is 0.500. The molecule has 2 unspecified atom stereocenters. The van der Waals surface area contributed by atoms with Crippen molar-refractivity contribution in [1.82, 2.24) is 4.98 Å². The molecule has 1 saturated heterocycles. The first-order chi connectivity index (χ1) is 8.11. The zero-order valence-corrected chi connectivity index (χ0v) is 11.3. The lowest BCUT2D eigenvalue weighted by Gasteiger charge is -2.36. The molecule has 1 fully saturated rings. The first kappa shape index (κ1) is 12.3. The van der Waals surface area contributed by atoms with Crippen molar-refractivity contribution in [1.29, 1.82) is 5.26 Å². The van der Waals surface area contributed by atoms with Gasteiger partial charge in [0.1, 0.15) is 11.9 Å². The second-order valence-corrected chi connectivity index (χ2v) is 5.43. The van der Waals surface area contributed by atoms with Gasteiger partial charge in [-0.05, 0) is 34.3 Å². The molecule has 1 aromatic heterocycles. The van der Waals surface area contributed by atoms with E-state index in [9.17, 15) is 0 Å². The first-order valence-electron chi connectivity index (χ1n) is 5.68. The van der Waals surface area contributed by atoms with Crippen LogP contribution in [0.1, 0.15) is 18.9 Å². The maximum absolute atomic E-state index is 9.13.